The Morgan fingerprint density at radius 1 is 1.15 bits per heavy atom. The number of anilines is 1. The molecule has 0 radical (unpaired) electrons. The Kier molecular flexibility index (Phi) is 8.31. The first kappa shape index (κ1) is 27.3. The molecule has 1 saturated heterocycles. The molecule has 1 saturated carbocycles. The van der Waals surface area contributed by atoms with E-state index in [1.165, 1.54) is 6.26 Å². The highest BCUT2D eigenvalue weighted by Crippen LogP contribution is 2.33. The third kappa shape index (κ3) is 6.85. The Balaban J connectivity index is 1.19. The van der Waals surface area contributed by atoms with Gasteiger partial charge >= 0.3 is 0 Å². The molecule has 2 fully saturated rings. The number of aromatic nitrogens is 3. The highest BCUT2D eigenvalue weighted by molar-refractivity contribution is 7.90. The number of aliphatic hydroxyl groups is 1. The van der Waals surface area contributed by atoms with Crippen molar-refractivity contribution in [1.82, 2.24) is 20.0 Å². The molecule has 0 spiro atoms. The topological polar surface area (TPSA) is 148 Å². The van der Waals surface area contributed by atoms with Gasteiger partial charge < -0.3 is 24.6 Å². The van der Waals surface area contributed by atoms with Gasteiger partial charge in [0.05, 0.1) is 29.5 Å². The van der Waals surface area contributed by atoms with Crippen molar-refractivity contribution < 1.29 is 27.6 Å². The molecule has 11 nitrogen and oxygen atoms in total. The van der Waals surface area contributed by atoms with Crippen LogP contribution in [-0.2, 0) is 14.6 Å². The van der Waals surface area contributed by atoms with Crippen LogP contribution in [0.3, 0.4) is 0 Å². The first-order chi connectivity index (χ1) is 18.8. The molecule has 5 rings (SSSR count). The molecule has 210 valence electrons. The number of nitrogens with one attached hydrogen (secondary N) is 1. The molecule has 3 aromatic rings. The van der Waals surface area contributed by atoms with E-state index >= 15 is 0 Å². The van der Waals surface area contributed by atoms with Crippen LogP contribution in [0.5, 0.6) is 5.75 Å². The lowest BCUT2D eigenvalue weighted by Crippen LogP contribution is -2.44. The molecular formula is C27H35N5O6S. The minimum atomic E-state index is -3.04. The lowest BCUT2D eigenvalue weighted by Gasteiger charge is -2.35. The van der Waals surface area contributed by atoms with Gasteiger partial charge in [0.15, 0.2) is 5.75 Å². The maximum Gasteiger partial charge on any atom is 0.225 e. The summed E-state index contributed by atoms with van der Waals surface area (Å²) in [7, 11) is -3.04. The zero-order chi connectivity index (χ0) is 27.4. The largest absolute Gasteiger partial charge is 0.490 e. The molecular weight excluding hydrogens is 522 g/mol. The van der Waals surface area contributed by atoms with E-state index < -0.39 is 9.84 Å². The van der Waals surface area contributed by atoms with Crippen LogP contribution in [-0.4, -0.2) is 83.3 Å². The van der Waals surface area contributed by atoms with Crippen molar-refractivity contribution in [2.45, 2.75) is 57.1 Å². The summed E-state index contributed by atoms with van der Waals surface area (Å²) in [5, 5.41) is 18.1. The summed E-state index contributed by atoms with van der Waals surface area (Å²) in [5.74, 6) is 1.31. The van der Waals surface area contributed by atoms with E-state index in [4.69, 9.17) is 9.26 Å². The van der Waals surface area contributed by atoms with Gasteiger partial charge in [-0.15, -0.1) is 0 Å². The summed E-state index contributed by atoms with van der Waals surface area (Å²) >= 11 is 0. The van der Waals surface area contributed by atoms with Crippen LogP contribution in [0.2, 0.25) is 0 Å². The number of likely N-dealkylation sites (tertiary alicyclic amines) is 1. The molecule has 1 aliphatic carbocycles. The molecule has 3 heterocycles. The van der Waals surface area contributed by atoms with Crippen molar-refractivity contribution in [1.29, 1.82) is 0 Å². The Bertz CT molecular complexity index is 1390. The number of nitrogens with zero attached hydrogens (tertiary/aromatic N) is 4. The van der Waals surface area contributed by atoms with Crippen molar-refractivity contribution in [3.05, 3.63) is 30.5 Å². The number of carbonyl (C=O) groups excluding carboxylic acids is 1. The van der Waals surface area contributed by atoms with Gasteiger partial charge in [-0.1, -0.05) is 11.2 Å². The summed E-state index contributed by atoms with van der Waals surface area (Å²) in [4.78, 5) is 23.9. The Labute approximate surface area is 227 Å². The standard InChI is InChI=1S/C27H35N5O6S/c1-39(35,36)17-3-16-37-23-5-2-4-21-24(31-38-25(21)23)22-10-13-28-27(30-22)29-19-8-6-18(7-9-19)26(34)32-14-11-20(33)12-15-32/h2,4-5,10,13,18-20,33H,3,6-9,11-12,14-17H2,1H3,(H,28,29,30). The molecule has 0 atom stereocenters. The molecule has 2 aromatic heterocycles. The average Bonchev–Trinajstić information content (AvgIpc) is 3.36. The third-order valence-corrected chi connectivity index (χ3v) is 8.49. The number of amides is 1. The second-order valence-corrected chi connectivity index (χ2v) is 12.8. The molecule has 0 unspecified atom stereocenters. The smallest absolute Gasteiger partial charge is 0.225 e. The summed E-state index contributed by atoms with van der Waals surface area (Å²) in [6.07, 6.45) is 7.65. The van der Waals surface area contributed by atoms with Crippen LogP contribution in [0, 0.1) is 5.92 Å². The average molecular weight is 558 g/mol. The fourth-order valence-electron chi connectivity index (χ4n) is 5.31. The number of hydrogen-bond acceptors (Lipinski definition) is 10. The fourth-order valence-corrected chi connectivity index (χ4v) is 5.95. The Morgan fingerprint density at radius 2 is 1.92 bits per heavy atom. The monoisotopic (exact) mass is 557 g/mol. The zero-order valence-electron chi connectivity index (χ0n) is 22.1. The van der Waals surface area contributed by atoms with E-state index in [9.17, 15) is 18.3 Å². The zero-order valence-corrected chi connectivity index (χ0v) is 22.9. The van der Waals surface area contributed by atoms with Crippen LogP contribution >= 0.6 is 0 Å². The third-order valence-electron chi connectivity index (χ3n) is 7.46. The summed E-state index contributed by atoms with van der Waals surface area (Å²) in [6, 6.07) is 7.42. The van der Waals surface area contributed by atoms with Crippen molar-refractivity contribution >= 4 is 32.7 Å². The van der Waals surface area contributed by atoms with Crippen LogP contribution in [0.25, 0.3) is 22.4 Å². The predicted octanol–water partition coefficient (Wildman–Crippen LogP) is 3.05. The van der Waals surface area contributed by atoms with E-state index in [0.717, 1.165) is 31.1 Å². The van der Waals surface area contributed by atoms with E-state index in [0.29, 0.717) is 61.0 Å². The number of fused-ring (bicyclic) bond motifs is 1. The maximum atomic E-state index is 12.9. The second kappa shape index (κ2) is 11.9. The minimum Gasteiger partial charge on any atom is -0.490 e. The quantitative estimate of drug-likeness (QED) is 0.376. The first-order valence-corrected chi connectivity index (χ1v) is 15.6. The second-order valence-electron chi connectivity index (χ2n) is 10.5. The number of hydrogen-bond donors (Lipinski definition) is 2. The van der Waals surface area contributed by atoms with Crippen molar-refractivity contribution in [2.24, 2.45) is 5.92 Å². The van der Waals surface area contributed by atoms with Crippen LogP contribution < -0.4 is 10.1 Å². The number of rotatable bonds is 9. The van der Waals surface area contributed by atoms with E-state index in [2.05, 4.69) is 20.4 Å². The Hall–Kier alpha value is -3.25. The molecule has 2 N–H and O–H groups in total. The predicted molar refractivity (Wildman–Crippen MR) is 146 cm³/mol. The summed E-state index contributed by atoms with van der Waals surface area (Å²) < 4.78 is 34.1. The number of benzene rings is 1. The van der Waals surface area contributed by atoms with E-state index in [1.807, 2.05) is 17.0 Å². The van der Waals surface area contributed by atoms with Gasteiger partial charge in [0.25, 0.3) is 0 Å². The molecule has 39 heavy (non-hydrogen) atoms. The van der Waals surface area contributed by atoms with Gasteiger partial charge in [0, 0.05) is 37.5 Å². The molecule has 0 bridgehead atoms. The minimum absolute atomic E-state index is 0.0369. The van der Waals surface area contributed by atoms with Crippen LogP contribution in [0.4, 0.5) is 5.95 Å². The van der Waals surface area contributed by atoms with Crippen molar-refractivity contribution in [2.75, 3.05) is 37.0 Å². The van der Waals surface area contributed by atoms with Crippen molar-refractivity contribution in [3.8, 4) is 17.1 Å². The highest BCUT2D eigenvalue weighted by atomic mass is 32.2. The van der Waals surface area contributed by atoms with Crippen LogP contribution in [0.15, 0.2) is 35.0 Å². The van der Waals surface area contributed by atoms with Gasteiger partial charge in [-0.2, -0.15) is 0 Å². The number of sulfone groups is 1. The lowest BCUT2D eigenvalue weighted by atomic mass is 9.85. The number of ether oxygens (including phenoxy) is 1. The Morgan fingerprint density at radius 3 is 2.67 bits per heavy atom. The number of para-hydroxylation sites is 1. The number of aliphatic hydroxyl groups excluding tert-OH is 1. The van der Waals surface area contributed by atoms with Gasteiger partial charge in [-0.25, -0.2) is 18.4 Å². The van der Waals surface area contributed by atoms with Gasteiger partial charge in [-0.3, -0.25) is 4.79 Å². The molecule has 1 aromatic carbocycles. The van der Waals surface area contributed by atoms with Crippen LogP contribution in [0.1, 0.15) is 44.9 Å². The van der Waals surface area contributed by atoms with Gasteiger partial charge in [-0.05, 0) is 63.1 Å². The maximum absolute atomic E-state index is 12.9. The normalized spacial score (nSPS) is 20.7. The molecule has 1 aliphatic heterocycles. The summed E-state index contributed by atoms with van der Waals surface area (Å²) in [5.41, 5.74) is 1.65. The number of piperidine rings is 1. The number of carbonyl (C=O) groups is 1. The molecule has 2 aliphatic rings. The highest BCUT2D eigenvalue weighted by Gasteiger charge is 2.31. The lowest BCUT2D eigenvalue weighted by molar-refractivity contribution is -0.138. The first-order valence-electron chi connectivity index (χ1n) is 13.5. The fraction of sp³-hybridized carbons (Fsp3) is 0.556. The van der Waals surface area contributed by atoms with Crippen molar-refractivity contribution in [3.63, 3.8) is 0 Å². The van der Waals surface area contributed by atoms with E-state index in [1.54, 1.807) is 18.3 Å². The molecule has 12 heteroatoms. The summed E-state index contributed by atoms with van der Waals surface area (Å²) in [6.45, 7) is 1.54. The van der Waals surface area contributed by atoms with Gasteiger partial charge in [0.2, 0.25) is 17.4 Å². The SMILES string of the molecule is CS(=O)(=O)CCCOc1cccc2c(-c3ccnc(NC4CCC(C(=O)N5CCC(O)CC5)CC4)n3)noc12. The van der Waals surface area contributed by atoms with Gasteiger partial charge in [0.1, 0.15) is 15.5 Å². The van der Waals surface area contributed by atoms with E-state index in [-0.39, 0.29) is 36.3 Å². The molecule has 1 amide bonds.